The Bertz CT molecular complexity index is 432. The smallest absolute Gasteiger partial charge is 0.0208 e. The van der Waals surface area contributed by atoms with Crippen molar-refractivity contribution in [2.24, 2.45) is 0 Å². The summed E-state index contributed by atoms with van der Waals surface area (Å²) < 4.78 is 0. The first-order valence-corrected chi connectivity index (χ1v) is 5.65. The Hall–Kier alpha value is -1.38. The van der Waals surface area contributed by atoms with Crippen LogP contribution in [0.3, 0.4) is 0 Å². The summed E-state index contributed by atoms with van der Waals surface area (Å²) in [4.78, 5) is 0. The number of hydrogen-bond acceptors (Lipinski definition) is 2. The zero-order valence-electron chi connectivity index (χ0n) is 9.88. The summed E-state index contributed by atoms with van der Waals surface area (Å²) >= 11 is 0. The van der Waals surface area contributed by atoms with Gasteiger partial charge in [-0.25, -0.2) is 0 Å². The summed E-state index contributed by atoms with van der Waals surface area (Å²) in [6.45, 7) is 1.83. The van der Waals surface area contributed by atoms with E-state index in [2.05, 4.69) is 47.0 Å². The fourth-order valence-corrected chi connectivity index (χ4v) is 2.13. The zero-order chi connectivity index (χ0) is 11.4. The van der Waals surface area contributed by atoms with Crippen molar-refractivity contribution in [2.75, 3.05) is 14.1 Å². The normalized spacial score (nSPS) is 10.9. The molecule has 0 saturated heterocycles. The van der Waals surface area contributed by atoms with Crippen LogP contribution in [0.2, 0.25) is 0 Å². The molecular weight excluding hydrogens is 196 g/mol. The number of nitrogens with one attached hydrogen (secondary N) is 2. The lowest BCUT2D eigenvalue weighted by Gasteiger charge is -2.10. The predicted octanol–water partition coefficient (Wildman–Crippen LogP) is 2.28. The molecule has 0 heterocycles. The van der Waals surface area contributed by atoms with Gasteiger partial charge >= 0.3 is 0 Å². The fourth-order valence-electron chi connectivity index (χ4n) is 2.13. The quantitative estimate of drug-likeness (QED) is 0.816. The maximum atomic E-state index is 3.21. The molecule has 0 aliphatic rings. The molecule has 0 spiro atoms. The van der Waals surface area contributed by atoms with Crippen LogP contribution in [-0.4, -0.2) is 14.1 Å². The minimum atomic E-state index is 0.917. The molecule has 2 nitrogen and oxygen atoms in total. The zero-order valence-corrected chi connectivity index (χ0v) is 9.88. The minimum absolute atomic E-state index is 0.917. The molecule has 0 aliphatic heterocycles. The number of fused-ring (bicyclic) bond motifs is 1. The summed E-state index contributed by atoms with van der Waals surface area (Å²) in [6.07, 6.45) is 0. The molecule has 0 bridgehead atoms. The summed E-state index contributed by atoms with van der Waals surface area (Å²) in [5.41, 5.74) is 2.72. The maximum absolute atomic E-state index is 3.21. The number of hydrogen-bond donors (Lipinski definition) is 2. The van der Waals surface area contributed by atoms with Crippen LogP contribution in [0.1, 0.15) is 11.1 Å². The molecule has 2 aromatic rings. The average molecular weight is 214 g/mol. The third kappa shape index (κ3) is 2.08. The van der Waals surface area contributed by atoms with Gasteiger partial charge in [0.05, 0.1) is 0 Å². The van der Waals surface area contributed by atoms with E-state index in [1.165, 1.54) is 21.9 Å². The van der Waals surface area contributed by atoms with E-state index in [1.807, 2.05) is 14.1 Å². The van der Waals surface area contributed by atoms with Gasteiger partial charge in [0.2, 0.25) is 0 Å². The van der Waals surface area contributed by atoms with Crippen LogP contribution >= 0.6 is 0 Å². The van der Waals surface area contributed by atoms with Crippen LogP contribution in [0.5, 0.6) is 0 Å². The molecule has 2 heteroatoms. The molecule has 0 fully saturated rings. The molecule has 0 atom stereocenters. The van der Waals surface area contributed by atoms with Gasteiger partial charge in [-0.3, -0.25) is 0 Å². The van der Waals surface area contributed by atoms with Crippen LogP contribution in [0.15, 0.2) is 36.4 Å². The number of benzene rings is 2. The van der Waals surface area contributed by atoms with Gasteiger partial charge in [0.25, 0.3) is 0 Å². The van der Waals surface area contributed by atoms with Crippen molar-refractivity contribution >= 4 is 10.8 Å². The van der Waals surface area contributed by atoms with Crippen molar-refractivity contribution in [1.82, 2.24) is 10.6 Å². The molecule has 2 aromatic carbocycles. The lowest BCUT2D eigenvalue weighted by atomic mass is 10.00. The van der Waals surface area contributed by atoms with Gasteiger partial charge in [-0.2, -0.15) is 0 Å². The van der Waals surface area contributed by atoms with Crippen molar-refractivity contribution in [3.8, 4) is 0 Å². The third-order valence-electron chi connectivity index (χ3n) is 2.84. The van der Waals surface area contributed by atoms with E-state index in [-0.39, 0.29) is 0 Å². The topological polar surface area (TPSA) is 24.1 Å². The molecule has 0 aromatic heterocycles. The summed E-state index contributed by atoms with van der Waals surface area (Å²) in [5, 5.41) is 9.13. The molecule has 0 amide bonds. The molecule has 0 aliphatic carbocycles. The molecule has 0 radical (unpaired) electrons. The van der Waals surface area contributed by atoms with Gasteiger partial charge in [-0.15, -0.1) is 0 Å². The standard InChI is InChI=1S/C14H18N2/c1-15-9-11-5-3-8-14-12(10-16-2)6-4-7-13(11)14/h3-8,15-16H,9-10H2,1-2H3. The van der Waals surface area contributed by atoms with E-state index in [9.17, 15) is 0 Å². The monoisotopic (exact) mass is 214 g/mol. The summed E-state index contributed by atoms with van der Waals surface area (Å²) in [5.74, 6) is 0. The molecule has 2 rings (SSSR count). The molecule has 0 unspecified atom stereocenters. The molecule has 0 saturated carbocycles. The van der Waals surface area contributed by atoms with Gasteiger partial charge in [0, 0.05) is 13.1 Å². The molecule has 16 heavy (non-hydrogen) atoms. The van der Waals surface area contributed by atoms with Crippen molar-refractivity contribution in [3.05, 3.63) is 47.5 Å². The predicted molar refractivity (Wildman–Crippen MR) is 69.5 cm³/mol. The Morgan fingerprint density at radius 1 is 0.750 bits per heavy atom. The third-order valence-corrected chi connectivity index (χ3v) is 2.84. The molecule has 2 N–H and O–H groups in total. The Morgan fingerprint density at radius 3 is 1.56 bits per heavy atom. The van der Waals surface area contributed by atoms with Crippen molar-refractivity contribution < 1.29 is 0 Å². The molecule has 84 valence electrons. The second kappa shape index (κ2) is 5.10. The maximum Gasteiger partial charge on any atom is 0.0208 e. The van der Waals surface area contributed by atoms with E-state index in [0.717, 1.165) is 13.1 Å². The van der Waals surface area contributed by atoms with E-state index in [1.54, 1.807) is 0 Å². The average Bonchev–Trinajstić information content (AvgIpc) is 2.31. The second-order valence-corrected chi connectivity index (χ2v) is 3.99. The van der Waals surface area contributed by atoms with E-state index < -0.39 is 0 Å². The highest BCUT2D eigenvalue weighted by molar-refractivity contribution is 5.88. The highest BCUT2D eigenvalue weighted by Crippen LogP contribution is 2.22. The van der Waals surface area contributed by atoms with E-state index in [4.69, 9.17) is 0 Å². The Kier molecular flexibility index (Phi) is 3.54. The highest BCUT2D eigenvalue weighted by Gasteiger charge is 2.03. The summed E-state index contributed by atoms with van der Waals surface area (Å²) in [7, 11) is 3.96. The van der Waals surface area contributed by atoms with Crippen molar-refractivity contribution in [3.63, 3.8) is 0 Å². The van der Waals surface area contributed by atoms with Gasteiger partial charge in [-0.05, 0) is 36.0 Å². The van der Waals surface area contributed by atoms with E-state index >= 15 is 0 Å². The van der Waals surface area contributed by atoms with Crippen LogP contribution in [0, 0.1) is 0 Å². The van der Waals surface area contributed by atoms with Crippen LogP contribution in [-0.2, 0) is 13.1 Å². The van der Waals surface area contributed by atoms with Crippen LogP contribution in [0.25, 0.3) is 10.8 Å². The van der Waals surface area contributed by atoms with Crippen LogP contribution in [0.4, 0.5) is 0 Å². The second-order valence-electron chi connectivity index (χ2n) is 3.99. The summed E-state index contributed by atoms with van der Waals surface area (Å²) in [6, 6.07) is 13.0. The first-order chi connectivity index (χ1) is 7.86. The van der Waals surface area contributed by atoms with Crippen molar-refractivity contribution in [2.45, 2.75) is 13.1 Å². The lowest BCUT2D eigenvalue weighted by Crippen LogP contribution is -2.07. The Balaban J connectivity index is 2.57. The first kappa shape index (κ1) is 11.1. The van der Waals surface area contributed by atoms with E-state index in [0.29, 0.717) is 0 Å². The number of rotatable bonds is 4. The van der Waals surface area contributed by atoms with Gasteiger partial charge in [0.15, 0.2) is 0 Å². The van der Waals surface area contributed by atoms with Crippen LogP contribution < -0.4 is 10.6 Å². The fraction of sp³-hybridized carbons (Fsp3) is 0.286. The first-order valence-electron chi connectivity index (χ1n) is 5.65. The molecular formula is C14H18N2. The Morgan fingerprint density at radius 2 is 1.19 bits per heavy atom. The SMILES string of the molecule is CNCc1cccc2c(CNC)cccc12. The Labute approximate surface area is 96.7 Å². The lowest BCUT2D eigenvalue weighted by molar-refractivity contribution is 0.818. The van der Waals surface area contributed by atoms with Gasteiger partial charge in [0.1, 0.15) is 0 Å². The van der Waals surface area contributed by atoms with Crippen molar-refractivity contribution in [1.29, 1.82) is 0 Å². The largest absolute Gasteiger partial charge is 0.316 e. The van der Waals surface area contributed by atoms with Gasteiger partial charge < -0.3 is 10.6 Å². The highest BCUT2D eigenvalue weighted by atomic mass is 14.8. The van der Waals surface area contributed by atoms with Gasteiger partial charge in [-0.1, -0.05) is 36.4 Å². The minimum Gasteiger partial charge on any atom is -0.316 e.